The van der Waals surface area contributed by atoms with E-state index in [0.29, 0.717) is 10.8 Å². The molecule has 0 aliphatic heterocycles. The Kier molecular flexibility index (Phi) is 3.54. The lowest BCUT2D eigenvalue weighted by molar-refractivity contribution is -0.111. The number of hydrogen-bond donors (Lipinski definition) is 1. The molecule has 1 amide bonds. The van der Waals surface area contributed by atoms with Crippen LogP contribution in [0.2, 0.25) is 5.15 Å². The standard InChI is InChI=1S/C14H10ClN3OS/c15-13-11(18-8-9-20-14(18)17-13)6-7-12(19)16-10-4-2-1-3-5-10/h1-9H,(H,16,19)/b7-6+. The van der Waals surface area contributed by atoms with Crippen LogP contribution in [-0.4, -0.2) is 15.3 Å². The van der Waals surface area contributed by atoms with Crippen LogP contribution in [0.3, 0.4) is 0 Å². The number of para-hydroxylation sites is 1. The Morgan fingerprint density at radius 3 is 2.95 bits per heavy atom. The third kappa shape index (κ3) is 2.59. The van der Waals surface area contributed by atoms with Crippen molar-refractivity contribution in [3.63, 3.8) is 0 Å². The maximum atomic E-state index is 11.8. The largest absolute Gasteiger partial charge is 0.323 e. The van der Waals surface area contributed by atoms with E-state index in [-0.39, 0.29) is 5.91 Å². The minimum atomic E-state index is -0.211. The maximum Gasteiger partial charge on any atom is 0.248 e. The number of rotatable bonds is 3. The van der Waals surface area contributed by atoms with Crippen LogP contribution < -0.4 is 5.32 Å². The van der Waals surface area contributed by atoms with Crippen LogP contribution in [0.1, 0.15) is 5.69 Å². The van der Waals surface area contributed by atoms with Crippen molar-refractivity contribution >= 4 is 45.6 Å². The molecule has 0 fully saturated rings. The van der Waals surface area contributed by atoms with Gasteiger partial charge in [0.25, 0.3) is 0 Å². The number of benzene rings is 1. The van der Waals surface area contributed by atoms with Crippen LogP contribution in [0.15, 0.2) is 48.0 Å². The molecular formula is C14H10ClN3OS. The van der Waals surface area contributed by atoms with E-state index in [2.05, 4.69) is 10.3 Å². The predicted octanol–water partition coefficient (Wildman–Crippen LogP) is 3.70. The highest BCUT2D eigenvalue weighted by molar-refractivity contribution is 7.15. The summed E-state index contributed by atoms with van der Waals surface area (Å²) in [7, 11) is 0. The van der Waals surface area contributed by atoms with Crippen LogP contribution in [0.25, 0.3) is 11.0 Å². The molecule has 3 rings (SSSR count). The molecule has 2 heterocycles. The average Bonchev–Trinajstić information content (AvgIpc) is 2.98. The van der Waals surface area contributed by atoms with E-state index in [9.17, 15) is 4.79 Å². The third-order valence-electron chi connectivity index (χ3n) is 2.69. The fraction of sp³-hybridized carbons (Fsp3) is 0. The van der Waals surface area contributed by atoms with Crippen LogP contribution in [-0.2, 0) is 4.79 Å². The second-order valence-corrected chi connectivity index (χ2v) is 5.26. The van der Waals surface area contributed by atoms with Crippen LogP contribution in [0, 0.1) is 0 Å². The average molecular weight is 304 g/mol. The predicted molar refractivity (Wildman–Crippen MR) is 82.2 cm³/mol. The highest BCUT2D eigenvalue weighted by atomic mass is 35.5. The highest BCUT2D eigenvalue weighted by Crippen LogP contribution is 2.22. The van der Waals surface area contributed by atoms with Gasteiger partial charge in [-0.3, -0.25) is 9.20 Å². The first-order chi connectivity index (χ1) is 9.74. The fourth-order valence-corrected chi connectivity index (χ4v) is 2.79. The van der Waals surface area contributed by atoms with Gasteiger partial charge < -0.3 is 5.32 Å². The Balaban J connectivity index is 1.78. The van der Waals surface area contributed by atoms with E-state index in [4.69, 9.17) is 11.6 Å². The molecule has 100 valence electrons. The van der Waals surface area contributed by atoms with E-state index >= 15 is 0 Å². The zero-order valence-electron chi connectivity index (χ0n) is 10.3. The Hall–Kier alpha value is -2.11. The number of thiazole rings is 1. The SMILES string of the molecule is O=C(/C=C/c1c(Cl)nc2sccn12)Nc1ccccc1. The molecule has 1 aromatic carbocycles. The molecular weight excluding hydrogens is 294 g/mol. The molecule has 6 heteroatoms. The molecule has 0 aliphatic rings. The van der Waals surface area contributed by atoms with Gasteiger partial charge in [-0.2, -0.15) is 0 Å². The first-order valence-electron chi connectivity index (χ1n) is 5.89. The van der Waals surface area contributed by atoms with Crippen molar-refractivity contribution in [3.05, 3.63) is 58.8 Å². The number of imidazole rings is 1. The van der Waals surface area contributed by atoms with Gasteiger partial charge in [0, 0.05) is 23.3 Å². The zero-order chi connectivity index (χ0) is 13.9. The van der Waals surface area contributed by atoms with Crippen molar-refractivity contribution in [2.24, 2.45) is 0 Å². The summed E-state index contributed by atoms with van der Waals surface area (Å²) in [4.78, 5) is 16.8. The molecule has 3 aromatic rings. The number of fused-ring (bicyclic) bond motifs is 1. The third-order valence-corrected chi connectivity index (χ3v) is 3.72. The maximum absolute atomic E-state index is 11.8. The second kappa shape index (κ2) is 5.48. The number of carbonyl (C=O) groups is 1. The Labute approximate surface area is 124 Å². The van der Waals surface area contributed by atoms with Crippen molar-refractivity contribution in [1.82, 2.24) is 9.38 Å². The van der Waals surface area contributed by atoms with Crippen molar-refractivity contribution in [2.45, 2.75) is 0 Å². The smallest absolute Gasteiger partial charge is 0.248 e. The van der Waals surface area contributed by atoms with E-state index < -0.39 is 0 Å². The summed E-state index contributed by atoms with van der Waals surface area (Å²) in [5, 5.41) is 5.08. The Morgan fingerprint density at radius 2 is 2.15 bits per heavy atom. The number of carbonyl (C=O) groups excluding carboxylic acids is 1. The van der Waals surface area contributed by atoms with E-state index in [1.54, 1.807) is 6.08 Å². The first-order valence-corrected chi connectivity index (χ1v) is 7.15. The molecule has 0 radical (unpaired) electrons. The molecule has 1 N–H and O–H groups in total. The summed E-state index contributed by atoms with van der Waals surface area (Å²) in [6, 6.07) is 9.28. The van der Waals surface area contributed by atoms with Crippen molar-refractivity contribution in [3.8, 4) is 0 Å². The van der Waals surface area contributed by atoms with Crippen LogP contribution in [0.5, 0.6) is 0 Å². The summed E-state index contributed by atoms with van der Waals surface area (Å²) in [5.74, 6) is -0.211. The molecule has 0 spiro atoms. The van der Waals surface area contributed by atoms with Crippen LogP contribution >= 0.6 is 22.9 Å². The number of hydrogen-bond acceptors (Lipinski definition) is 3. The molecule has 0 atom stereocenters. The lowest BCUT2D eigenvalue weighted by Crippen LogP contribution is -2.07. The van der Waals surface area contributed by atoms with Gasteiger partial charge in [0.2, 0.25) is 5.91 Å². The van der Waals surface area contributed by atoms with Gasteiger partial charge in [-0.15, -0.1) is 11.3 Å². The number of anilines is 1. The highest BCUT2D eigenvalue weighted by Gasteiger charge is 2.08. The number of aromatic nitrogens is 2. The lowest BCUT2D eigenvalue weighted by Gasteiger charge is -2.00. The van der Waals surface area contributed by atoms with Gasteiger partial charge in [0.05, 0.1) is 5.69 Å². The summed E-state index contributed by atoms with van der Waals surface area (Å²) >= 11 is 7.54. The van der Waals surface area contributed by atoms with Gasteiger partial charge in [-0.1, -0.05) is 29.8 Å². The molecule has 20 heavy (non-hydrogen) atoms. The monoisotopic (exact) mass is 303 g/mol. The first kappa shape index (κ1) is 12.9. The van der Waals surface area contributed by atoms with Crippen molar-refractivity contribution < 1.29 is 4.79 Å². The summed E-state index contributed by atoms with van der Waals surface area (Å²) in [6.07, 6.45) is 4.97. The number of amides is 1. The van der Waals surface area contributed by atoms with Gasteiger partial charge in [0.1, 0.15) is 0 Å². The van der Waals surface area contributed by atoms with Gasteiger partial charge in [-0.25, -0.2) is 4.98 Å². The van der Waals surface area contributed by atoms with E-state index in [1.807, 2.05) is 46.3 Å². The molecule has 0 saturated carbocycles. The van der Waals surface area contributed by atoms with Crippen LogP contribution in [0.4, 0.5) is 5.69 Å². The van der Waals surface area contributed by atoms with Gasteiger partial charge in [-0.05, 0) is 18.2 Å². The normalized spacial score (nSPS) is 11.2. The Bertz CT molecular complexity index is 776. The molecule has 4 nitrogen and oxygen atoms in total. The van der Waals surface area contributed by atoms with E-state index in [1.165, 1.54) is 17.4 Å². The number of nitrogens with zero attached hydrogens (tertiary/aromatic N) is 2. The second-order valence-electron chi connectivity index (χ2n) is 4.03. The van der Waals surface area contributed by atoms with Crippen molar-refractivity contribution in [1.29, 1.82) is 0 Å². The topological polar surface area (TPSA) is 46.4 Å². The summed E-state index contributed by atoms with van der Waals surface area (Å²) in [5.41, 5.74) is 1.45. The molecule has 2 aromatic heterocycles. The fourth-order valence-electron chi connectivity index (χ4n) is 1.79. The zero-order valence-corrected chi connectivity index (χ0v) is 11.9. The minimum absolute atomic E-state index is 0.211. The number of nitrogens with one attached hydrogen (secondary N) is 1. The molecule has 0 unspecified atom stereocenters. The molecule has 0 saturated heterocycles. The molecule has 0 bridgehead atoms. The minimum Gasteiger partial charge on any atom is -0.323 e. The lowest BCUT2D eigenvalue weighted by atomic mass is 10.3. The quantitative estimate of drug-likeness (QED) is 0.750. The summed E-state index contributed by atoms with van der Waals surface area (Å²) < 4.78 is 1.85. The van der Waals surface area contributed by atoms with Crippen molar-refractivity contribution in [2.75, 3.05) is 5.32 Å². The molecule has 0 aliphatic carbocycles. The summed E-state index contributed by atoms with van der Waals surface area (Å²) in [6.45, 7) is 0. The van der Waals surface area contributed by atoms with E-state index in [0.717, 1.165) is 10.6 Å². The van der Waals surface area contributed by atoms with Gasteiger partial charge >= 0.3 is 0 Å². The Morgan fingerprint density at radius 1 is 1.35 bits per heavy atom. The van der Waals surface area contributed by atoms with Gasteiger partial charge in [0.15, 0.2) is 10.1 Å². The number of halogens is 1.